The number of aromatic nitrogens is 1. The molecule has 1 N–H and O–H groups in total. The number of nitrogens with one attached hydrogen (secondary N) is 1. The molecule has 1 unspecified atom stereocenters. The van der Waals surface area contributed by atoms with Gasteiger partial charge in [-0.25, -0.2) is 4.98 Å². The maximum Gasteiger partial charge on any atom is 0.181 e. The second-order valence-electron chi connectivity index (χ2n) is 4.73. The van der Waals surface area contributed by atoms with E-state index in [1.807, 2.05) is 0 Å². The maximum atomic E-state index is 5.47. The molecule has 0 radical (unpaired) electrons. The van der Waals surface area contributed by atoms with Gasteiger partial charge in [0, 0.05) is 18.5 Å². The van der Waals surface area contributed by atoms with Crippen LogP contribution in [0.3, 0.4) is 0 Å². The van der Waals surface area contributed by atoms with Crippen molar-refractivity contribution >= 4 is 0 Å². The third kappa shape index (κ3) is 3.34. The minimum Gasteiger partial charge on any atom is -0.448 e. The van der Waals surface area contributed by atoms with Gasteiger partial charge in [0.05, 0.1) is 5.69 Å². The summed E-state index contributed by atoms with van der Waals surface area (Å²) in [6.07, 6.45) is 1.55. The largest absolute Gasteiger partial charge is 0.448 e. The third-order valence-corrected chi connectivity index (χ3v) is 2.76. The molecule has 0 aliphatic carbocycles. The van der Waals surface area contributed by atoms with Crippen molar-refractivity contribution in [2.75, 3.05) is 0 Å². The molecule has 1 heterocycles. The molecule has 0 aliphatic rings. The fraction of sp³-hybridized carbons (Fsp3) is 0.750. The van der Waals surface area contributed by atoms with Crippen LogP contribution in [-0.4, -0.2) is 11.0 Å². The molecule has 0 bridgehead atoms. The standard InChI is InChI=1S/C12H22N2O/c1-8(2)10(5)12-11(14-7-15-12)6-13-9(3)4/h7-10,13H,6H2,1-5H3. The summed E-state index contributed by atoms with van der Waals surface area (Å²) in [6, 6.07) is 0.476. The number of nitrogens with zero attached hydrogens (tertiary/aromatic N) is 1. The molecule has 1 aromatic rings. The van der Waals surface area contributed by atoms with Crippen molar-refractivity contribution in [3.8, 4) is 0 Å². The van der Waals surface area contributed by atoms with Crippen LogP contribution in [0.4, 0.5) is 0 Å². The first kappa shape index (κ1) is 12.2. The van der Waals surface area contributed by atoms with Crippen molar-refractivity contribution in [1.82, 2.24) is 10.3 Å². The van der Waals surface area contributed by atoms with E-state index in [9.17, 15) is 0 Å². The molecule has 0 aromatic carbocycles. The highest BCUT2D eigenvalue weighted by molar-refractivity contribution is 5.12. The van der Waals surface area contributed by atoms with Crippen molar-refractivity contribution < 1.29 is 4.42 Å². The van der Waals surface area contributed by atoms with E-state index in [0.717, 1.165) is 18.0 Å². The third-order valence-electron chi connectivity index (χ3n) is 2.76. The molecule has 0 saturated carbocycles. The van der Waals surface area contributed by atoms with Gasteiger partial charge in [-0.05, 0) is 5.92 Å². The second kappa shape index (κ2) is 5.31. The molecular weight excluding hydrogens is 188 g/mol. The Balaban J connectivity index is 2.69. The van der Waals surface area contributed by atoms with Crippen LogP contribution in [0.5, 0.6) is 0 Å². The van der Waals surface area contributed by atoms with Crippen LogP contribution in [0.2, 0.25) is 0 Å². The lowest BCUT2D eigenvalue weighted by Gasteiger charge is -2.14. The van der Waals surface area contributed by atoms with Crippen molar-refractivity contribution in [1.29, 1.82) is 0 Å². The summed E-state index contributed by atoms with van der Waals surface area (Å²) in [5, 5.41) is 3.36. The van der Waals surface area contributed by atoms with E-state index >= 15 is 0 Å². The summed E-state index contributed by atoms with van der Waals surface area (Å²) in [5.41, 5.74) is 1.05. The Morgan fingerprint density at radius 2 is 1.93 bits per heavy atom. The molecule has 0 spiro atoms. The van der Waals surface area contributed by atoms with E-state index in [1.54, 1.807) is 6.39 Å². The van der Waals surface area contributed by atoms with Gasteiger partial charge in [0.25, 0.3) is 0 Å². The molecule has 3 heteroatoms. The molecular formula is C12H22N2O. The minimum atomic E-state index is 0.427. The van der Waals surface area contributed by atoms with Crippen molar-refractivity contribution in [2.24, 2.45) is 5.92 Å². The fourth-order valence-electron chi connectivity index (χ4n) is 1.38. The Bertz CT molecular complexity index is 292. The quantitative estimate of drug-likeness (QED) is 0.812. The van der Waals surface area contributed by atoms with Crippen LogP contribution in [0, 0.1) is 5.92 Å². The second-order valence-corrected chi connectivity index (χ2v) is 4.73. The molecule has 1 rings (SSSR count). The maximum absolute atomic E-state index is 5.47. The van der Waals surface area contributed by atoms with E-state index in [-0.39, 0.29) is 0 Å². The Labute approximate surface area is 92.3 Å². The highest BCUT2D eigenvalue weighted by Gasteiger charge is 2.18. The van der Waals surface area contributed by atoms with Crippen molar-refractivity contribution in [3.05, 3.63) is 17.8 Å². The molecule has 0 fully saturated rings. The van der Waals surface area contributed by atoms with Gasteiger partial charge in [0.2, 0.25) is 0 Å². The summed E-state index contributed by atoms with van der Waals surface area (Å²) in [5.74, 6) is 2.03. The lowest BCUT2D eigenvalue weighted by molar-refractivity contribution is 0.407. The van der Waals surface area contributed by atoms with Gasteiger partial charge in [-0.3, -0.25) is 0 Å². The average Bonchev–Trinajstić information content (AvgIpc) is 2.60. The number of rotatable bonds is 5. The molecule has 3 nitrogen and oxygen atoms in total. The molecule has 15 heavy (non-hydrogen) atoms. The van der Waals surface area contributed by atoms with Gasteiger partial charge < -0.3 is 9.73 Å². The average molecular weight is 210 g/mol. The van der Waals surface area contributed by atoms with Crippen LogP contribution in [0.1, 0.15) is 52.0 Å². The summed E-state index contributed by atoms with van der Waals surface area (Å²) in [6.45, 7) is 11.6. The Morgan fingerprint density at radius 1 is 1.27 bits per heavy atom. The van der Waals surface area contributed by atoms with E-state index in [4.69, 9.17) is 4.42 Å². The van der Waals surface area contributed by atoms with Crippen LogP contribution in [0.15, 0.2) is 10.8 Å². The Morgan fingerprint density at radius 3 is 2.47 bits per heavy atom. The SMILES string of the molecule is CC(C)NCc1ncoc1C(C)C(C)C. The van der Waals surface area contributed by atoms with Crippen molar-refractivity contribution in [2.45, 2.75) is 53.1 Å². The molecule has 0 saturated heterocycles. The lowest BCUT2D eigenvalue weighted by atomic mass is 9.94. The highest BCUT2D eigenvalue weighted by atomic mass is 16.3. The van der Waals surface area contributed by atoms with Crippen LogP contribution in [0.25, 0.3) is 0 Å². The van der Waals surface area contributed by atoms with Crippen LogP contribution < -0.4 is 5.32 Å². The van der Waals surface area contributed by atoms with E-state index in [1.165, 1.54) is 0 Å². The van der Waals surface area contributed by atoms with Gasteiger partial charge in [-0.2, -0.15) is 0 Å². The zero-order valence-electron chi connectivity index (χ0n) is 10.4. The van der Waals surface area contributed by atoms with Gasteiger partial charge in [-0.1, -0.05) is 34.6 Å². The van der Waals surface area contributed by atoms with Gasteiger partial charge >= 0.3 is 0 Å². The first-order valence-electron chi connectivity index (χ1n) is 5.68. The van der Waals surface area contributed by atoms with Gasteiger partial charge in [0.1, 0.15) is 5.76 Å². The molecule has 86 valence electrons. The molecule has 0 amide bonds. The number of oxazole rings is 1. The van der Waals surface area contributed by atoms with Gasteiger partial charge in [-0.15, -0.1) is 0 Å². The zero-order chi connectivity index (χ0) is 11.4. The molecule has 0 aliphatic heterocycles. The highest BCUT2D eigenvalue weighted by Crippen LogP contribution is 2.26. The Hall–Kier alpha value is -0.830. The predicted molar refractivity (Wildman–Crippen MR) is 61.7 cm³/mol. The van der Waals surface area contributed by atoms with E-state index in [0.29, 0.717) is 17.9 Å². The first-order valence-corrected chi connectivity index (χ1v) is 5.68. The smallest absolute Gasteiger partial charge is 0.181 e. The zero-order valence-corrected chi connectivity index (χ0v) is 10.4. The normalized spacial score (nSPS) is 13.8. The van der Waals surface area contributed by atoms with E-state index in [2.05, 4.69) is 44.9 Å². The van der Waals surface area contributed by atoms with Crippen LogP contribution >= 0.6 is 0 Å². The fourth-order valence-corrected chi connectivity index (χ4v) is 1.38. The molecule has 1 aromatic heterocycles. The lowest BCUT2D eigenvalue weighted by Crippen LogP contribution is -2.23. The van der Waals surface area contributed by atoms with E-state index < -0.39 is 0 Å². The molecule has 1 atom stereocenters. The number of hydrogen-bond acceptors (Lipinski definition) is 3. The summed E-state index contributed by atoms with van der Waals surface area (Å²) in [4.78, 5) is 4.26. The first-order chi connectivity index (χ1) is 7.02. The number of hydrogen-bond donors (Lipinski definition) is 1. The summed E-state index contributed by atoms with van der Waals surface area (Å²) in [7, 11) is 0. The summed E-state index contributed by atoms with van der Waals surface area (Å²) >= 11 is 0. The minimum absolute atomic E-state index is 0.427. The van der Waals surface area contributed by atoms with Gasteiger partial charge in [0.15, 0.2) is 6.39 Å². The van der Waals surface area contributed by atoms with Crippen LogP contribution in [-0.2, 0) is 6.54 Å². The topological polar surface area (TPSA) is 38.1 Å². The van der Waals surface area contributed by atoms with Crippen molar-refractivity contribution in [3.63, 3.8) is 0 Å². The monoisotopic (exact) mass is 210 g/mol. The predicted octanol–water partition coefficient (Wildman–Crippen LogP) is 2.93. The summed E-state index contributed by atoms with van der Waals surface area (Å²) < 4.78 is 5.47. The Kier molecular flexibility index (Phi) is 4.33.